The first-order chi connectivity index (χ1) is 7.33. The van der Waals surface area contributed by atoms with Crippen LogP contribution in [0.4, 0.5) is 0 Å². The third-order valence-electron chi connectivity index (χ3n) is 2.20. The standard InChI is InChI=1S/C9H13N5O/c1-13-6-10-5-8(13)9-12-11-7-14(9)3-4-15-2/h5-7H,3-4H2,1-2H3. The third kappa shape index (κ3) is 1.89. The Morgan fingerprint density at radius 3 is 2.93 bits per heavy atom. The van der Waals surface area contributed by atoms with Gasteiger partial charge in [-0.2, -0.15) is 0 Å². The van der Waals surface area contributed by atoms with E-state index in [1.807, 2.05) is 16.2 Å². The Labute approximate surface area is 87.5 Å². The minimum absolute atomic E-state index is 0.642. The predicted molar refractivity (Wildman–Crippen MR) is 54.1 cm³/mol. The Hall–Kier alpha value is -1.69. The van der Waals surface area contributed by atoms with Crippen LogP contribution in [-0.2, 0) is 18.3 Å². The second-order valence-corrected chi connectivity index (χ2v) is 3.23. The molecule has 2 aromatic rings. The van der Waals surface area contributed by atoms with Gasteiger partial charge >= 0.3 is 0 Å². The molecule has 0 unspecified atom stereocenters. The molecule has 2 heterocycles. The molecule has 0 aliphatic carbocycles. The highest BCUT2D eigenvalue weighted by molar-refractivity contribution is 5.48. The van der Waals surface area contributed by atoms with E-state index < -0.39 is 0 Å². The topological polar surface area (TPSA) is 57.8 Å². The lowest BCUT2D eigenvalue weighted by atomic mass is 10.4. The molecule has 0 spiro atoms. The molecule has 2 rings (SSSR count). The van der Waals surface area contributed by atoms with Crippen LogP contribution in [0.5, 0.6) is 0 Å². The summed E-state index contributed by atoms with van der Waals surface area (Å²) >= 11 is 0. The van der Waals surface area contributed by atoms with E-state index in [0.29, 0.717) is 6.61 Å². The third-order valence-corrected chi connectivity index (χ3v) is 2.20. The molecule has 0 fully saturated rings. The molecular formula is C9H13N5O. The molecular weight excluding hydrogens is 194 g/mol. The lowest BCUT2D eigenvalue weighted by Gasteiger charge is -2.05. The maximum Gasteiger partial charge on any atom is 0.182 e. The Balaban J connectivity index is 2.29. The van der Waals surface area contributed by atoms with E-state index in [-0.39, 0.29) is 0 Å². The minimum Gasteiger partial charge on any atom is -0.383 e. The van der Waals surface area contributed by atoms with Crippen LogP contribution in [0.25, 0.3) is 11.5 Å². The molecule has 0 atom stereocenters. The number of rotatable bonds is 4. The molecule has 0 aliphatic heterocycles. The molecule has 0 saturated heterocycles. The van der Waals surface area contributed by atoms with Gasteiger partial charge in [0.05, 0.1) is 19.1 Å². The number of aryl methyl sites for hydroxylation is 1. The van der Waals surface area contributed by atoms with Crippen LogP contribution >= 0.6 is 0 Å². The van der Waals surface area contributed by atoms with E-state index in [4.69, 9.17) is 4.74 Å². The van der Waals surface area contributed by atoms with E-state index in [1.165, 1.54) is 0 Å². The summed E-state index contributed by atoms with van der Waals surface area (Å²) in [5, 5.41) is 7.96. The van der Waals surface area contributed by atoms with Crippen LogP contribution in [0, 0.1) is 0 Å². The lowest BCUT2D eigenvalue weighted by molar-refractivity contribution is 0.187. The van der Waals surface area contributed by atoms with Crippen molar-refractivity contribution < 1.29 is 4.74 Å². The molecule has 6 nitrogen and oxygen atoms in total. The smallest absolute Gasteiger partial charge is 0.182 e. The zero-order valence-corrected chi connectivity index (χ0v) is 8.79. The van der Waals surface area contributed by atoms with Gasteiger partial charge < -0.3 is 13.9 Å². The van der Waals surface area contributed by atoms with Crippen LogP contribution < -0.4 is 0 Å². The summed E-state index contributed by atoms with van der Waals surface area (Å²) in [6.45, 7) is 1.38. The number of imidazole rings is 1. The van der Waals surface area contributed by atoms with E-state index in [2.05, 4.69) is 15.2 Å². The fraction of sp³-hybridized carbons (Fsp3) is 0.444. The molecule has 2 aromatic heterocycles. The van der Waals surface area contributed by atoms with Crippen LogP contribution in [0.2, 0.25) is 0 Å². The summed E-state index contributed by atoms with van der Waals surface area (Å²) in [7, 11) is 3.60. The predicted octanol–water partition coefficient (Wildman–Crippen LogP) is 0.325. The van der Waals surface area contributed by atoms with E-state index in [0.717, 1.165) is 18.1 Å². The van der Waals surface area contributed by atoms with Gasteiger partial charge in [0.15, 0.2) is 5.82 Å². The monoisotopic (exact) mass is 207 g/mol. The largest absolute Gasteiger partial charge is 0.383 e. The number of hydrogen-bond acceptors (Lipinski definition) is 4. The summed E-state index contributed by atoms with van der Waals surface area (Å²) < 4.78 is 8.87. The van der Waals surface area contributed by atoms with E-state index >= 15 is 0 Å². The summed E-state index contributed by atoms with van der Waals surface area (Å²) in [6, 6.07) is 0. The Kier molecular flexibility index (Phi) is 2.77. The maximum atomic E-state index is 5.02. The van der Waals surface area contributed by atoms with Crippen LogP contribution in [0.15, 0.2) is 18.9 Å². The normalized spacial score (nSPS) is 10.8. The Bertz CT molecular complexity index is 433. The van der Waals surface area contributed by atoms with Gasteiger partial charge in [-0.1, -0.05) is 0 Å². The first kappa shape index (κ1) is 9.85. The van der Waals surface area contributed by atoms with Gasteiger partial charge in [0.2, 0.25) is 0 Å². The second kappa shape index (κ2) is 4.22. The molecule has 0 aromatic carbocycles. The molecule has 0 aliphatic rings. The molecule has 0 amide bonds. The summed E-state index contributed by atoms with van der Waals surface area (Å²) in [5.74, 6) is 0.812. The lowest BCUT2D eigenvalue weighted by Crippen LogP contribution is -2.06. The first-order valence-electron chi connectivity index (χ1n) is 4.66. The molecule has 15 heavy (non-hydrogen) atoms. The van der Waals surface area contributed by atoms with Gasteiger partial charge in [-0.3, -0.25) is 0 Å². The van der Waals surface area contributed by atoms with Crippen molar-refractivity contribution in [2.75, 3.05) is 13.7 Å². The molecule has 6 heteroatoms. The van der Waals surface area contributed by atoms with Gasteiger partial charge in [0.25, 0.3) is 0 Å². The van der Waals surface area contributed by atoms with Gasteiger partial charge in [0, 0.05) is 20.7 Å². The van der Waals surface area contributed by atoms with E-state index in [9.17, 15) is 0 Å². The van der Waals surface area contributed by atoms with Crippen molar-refractivity contribution in [1.29, 1.82) is 0 Å². The summed E-state index contributed by atoms with van der Waals surface area (Å²) in [5.41, 5.74) is 0.948. The highest BCUT2D eigenvalue weighted by Crippen LogP contribution is 2.14. The Morgan fingerprint density at radius 1 is 1.40 bits per heavy atom. The van der Waals surface area contributed by atoms with Gasteiger partial charge in [0.1, 0.15) is 12.0 Å². The van der Waals surface area contributed by atoms with Crippen molar-refractivity contribution >= 4 is 0 Å². The van der Waals surface area contributed by atoms with Crippen molar-refractivity contribution in [3.05, 3.63) is 18.9 Å². The second-order valence-electron chi connectivity index (χ2n) is 3.23. The average molecular weight is 207 g/mol. The zero-order valence-electron chi connectivity index (χ0n) is 8.79. The SMILES string of the molecule is COCCn1cnnc1-c1cncn1C. The van der Waals surface area contributed by atoms with Gasteiger partial charge in [-0.15, -0.1) is 10.2 Å². The van der Waals surface area contributed by atoms with Gasteiger partial charge in [-0.05, 0) is 0 Å². The molecule has 0 radical (unpaired) electrons. The van der Waals surface area contributed by atoms with Crippen molar-refractivity contribution in [2.24, 2.45) is 7.05 Å². The Morgan fingerprint density at radius 2 is 2.27 bits per heavy atom. The number of aromatic nitrogens is 5. The van der Waals surface area contributed by atoms with Gasteiger partial charge in [-0.25, -0.2) is 4.98 Å². The number of methoxy groups -OCH3 is 1. The van der Waals surface area contributed by atoms with Crippen LogP contribution in [0.3, 0.4) is 0 Å². The van der Waals surface area contributed by atoms with Crippen molar-refractivity contribution in [2.45, 2.75) is 6.54 Å². The first-order valence-corrected chi connectivity index (χ1v) is 4.66. The number of hydrogen-bond donors (Lipinski definition) is 0. The zero-order chi connectivity index (χ0) is 10.7. The van der Waals surface area contributed by atoms with E-state index in [1.54, 1.807) is 26.0 Å². The number of nitrogens with zero attached hydrogens (tertiary/aromatic N) is 5. The highest BCUT2D eigenvalue weighted by Gasteiger charge is 2.09. The fourth-order valence-corrected chi connectivity index (χ4v) is 1.38. The van der Waals surface area contributed by atoms with Crippen molar-refractivity contribution in [3.63, 3.8) is 0 Å². The molecule has 0 saturated carbocycles. The number of ether oxygens (including phenoxy) is 1. The highest BCUT2D eigenvalue weighted by atomic mass is 16.5. The van der Waals surface area contributed by atoms with Crippen LogP contribution in [0.1, 0.15) is 0 Å². The molecule has 80 valence electrons. The maximum absolute atomic E-state index is 5.02. The summed E-state index contributed by atoms with van der Waals surface area (Å²) in [4.78, 5) is 4.05. The average Bonchev–Trinajstić information content (AvgIpc) is 2.82. The van der Waals surface area contributed by atoms with Crippen molar-refractivity contribution in [1.82, 2.24) is 24.3 Å². The van der Waals surface area contributed by atoms with Crippen LogP contribution in [-0.4, -0.2) is 38.0 Å². The summed E-state index contributed by atoms with van der Waals surface area (Å²) in [6.07, 6.45) is 5.21. The van der Waals surface area contributed by atoms with Crippen molar-refractivity contribution in [3.8, 4) is 11.5 Å². The molecule has 0 N–H and O–H groups in total. The minimum atomic E-state index is 0.642. The quantitative estimate of drug-likeness (QED) is 0.724. The fourth-order valence-electron chi connectivity index (χ4n) is 1.38. The molecule has 0 bridgehead atoms.